The van der Waals surface area contributed by atoms with E-state index in [4.69, 9.17) is 0 Å². The molecular weight excluding hydrogens is 218 g/mol. The van der Waals surface area contributed by atoms with Crippen LogP contribution in [-0.2, 0) is 9.59 Å². The van der Waals surface area contributed by atoms with E-state index in [1.54, 1.807) is 11.8 Å². The van der Waals surface area contributed by atoms with E-state index in [-0.39, 0.29) is 11.8 Å². The van der Waals surface area contributed by atoms with E-state index in [0.717, 1.165) is 19.4 Å². The number of amides is 2. The van der Waals surface area contributed by atoms with Crippen LogP contribution in [-0.4, -0.2) is 60.9 Å². The van der Waals surface area contributed by atoms with Crippen molar-refractivity contribution in [1.29, 1.82) is 0 Å². The first-order chi connectivity index (χ1) is 8.15. The summed E-state index contributed by atoms with van der Waals surface area (Å²) in [7, 11) is 0. The molecule has 5 heteroatoms. The maximum Gasteiger partial charge on any atom is 0.236 e. The monoisotopic (exact) mass is 241 g/mol. The van der Waals surface area contributed by atoms with Gasteiger partial charge in [-0.05, 0) is 13.0 Å². The van der Waals surface area contributed by atoms with E-state index in [2.05, 4.69) is 12.2 Å². The van der Waals surface area contributed by atoms with Crippen LogP contribution in [0.25, 0.3) is 0 Å². The molecule has 0 radical (unpaired) electrons. The molecule has 0 spiro atoms. The maximum absolute atomic E-state index is 11.8. The molecule has 1 rings (SSSR count). The van der Waals surface area contributed by atoms with Gasteiger partial charge in [0.15, 0.2) is 0 Å². The second-order valence-corrected chi connectivity index (χ2v) is 4.42. The third-order valence-corrected chi connectivity index (χ3v) is 3.06. The molecule has 0 aromatic carbocycles. The van der Waals surface area contributed by atoms with Gasteiger partial charge in [0.2, 0.25) is 11.8 Å². The molecule has 0 aromatic heterocycles. The summed E-state index contributed by atoms with van der Waals surface area (Å²) in [4.78, 5) is 26.5. The van der Waals surface area contributed by atoms with E-state index < -0.39 is 0 Å². The lowest BCUT2D eigenvalue weighted by molar-refractivity contribution is -0.137. The van der Waals surface area contributed by atoms with Crippen LogP contribution >= 0.6 is 0 Å². The van der Waals surface area contributed by atoms with Crippen LogP contribution in [0.3, 0.4) is 0 Å². The Morgan fingerprint density at radius 1 is 1.12 bits per heavy atom. The summed E-state index contributed by atoms with van der Waals surface area (Å²) in [6, 6.07) is 0. The minimum atomic E-state index is 0.0955. The van der Waals surface area contributed by atoms with Gasteiger partial charge in [-0.3, -0.25) is 9.59 Å². The maximum atomic E-state index is 11.8. The van der Waals surface area contributed by atoms with Crippen molar-refractivity contribution < 1.29 is 9.59 Å². The summed E-state index contributed by atoms with van der Waals surface area (Å²) in [5.74, 6) is 0.238. The van der Waals surface area contributed by atoms with Gasteiger partial charge in [0.25, 0.3) is 0 Å². The van der Waals surface area contributed by atoms with Gasteiger partial charge in [0.05, 0.1) is 6.54 Å². The number of hydrogen-bond donors (Lipinski definition) is 1. The fourth-order valence-corrected chi connectivity index (χ4v) is 1.88. The molecule has 0 aliphatic carbocycles. The van der Waals surface area contributed by atoms with Crippen LogP contribution in [0.2, 0.25) is 0 Å². The minimum absolute atomic E-state index is 0.0955. The molecule has 1 heterocycles. The van der Waals surface area contributed by atoms with Crippen LogP contribution in [0, 0.1) is 0 Å². The van der Waals surface area contributed by atoms with E-state index in [0.29, 0.717) is 32.7 Å². The van der Waals surface area contributed by atoms with Crippen molar-refractivity contribution in [3.63, 3.8) is 0 Å². The number of rotatable bonds is 5. The summed E-state index contributed by atoms with van der Waals surface area (Å²) in [6.07, 6.45) is 2.24. The van der Waals surface area contributed by atoms with Gasteiger partial charge in [-0.15, -0.1) is 0 Å². The van der Waals surface area contributed by atoms with Gasteiger partial charge in [0, 0.05) is 33.1 Å². The predicted octanol–water partition coefficient (Wildman–Crippen LogP) is 0.0668. The highest BCUT2D eigenvalue weighted by molar-refractivity contribution is 5.79. The Morgan fingerprint density at radius 3 is 2.24 bits per heavy atom. The first-order valence-electron chi connectivity index (χ1n) is 6.39. The van der Waals surface area contributed by atoms with Crippen LogP contribution in [0.1, 0.15) is 26.7 Å². The SMILES string of the molecule is CCCCNCC(=O)N1CCN(C(C)=O)CC1. The summed E-state index contributed by atoms with van der Waals surface area (Å²) >= 11 is 0. The molecule has 1 saturated heterocycles. The second-order valence-electron chi connectivity index (χ2n) is 4.42. The number of carbonyl (C=O) groups is 2. The average molecular weight is 241 g/mol. The molecule has 1 aliphatic heterocycles. The normalized spacial score (nSPS) is 16.1. The second kappa shape index (κ2) is 7.27. The summed E-state index contributed by atoms with van der Waals surface area (Å²) in [6.45, 7) is 7.66. The lowest BCUT2D eigenvalue weighted by atomic mass is 10.3. The van der Waals surface area contributed by atoms with Crippen LogP contribution in [0.4, 0.5) is 0 Å². The van der Waals surface area contributed by atoms with Crippen molar-refractivity contribution in [2.24, 2.45) is 0 Å². The quantitative estimate of drug-likeness (QED) is 0.693. The number of nitrogens with zero attached hydrogens (tertiary/aromatic N) is 2. The van der Waals surface area contributed by atoms with Crippen LogP contribution in [0.15, 0.2) is 0 Å². The van der Waals surface area contributed by atoms with Crippen molar-refractivity contribution in [2.75, 3.05) is 39.3 Å². The van der Waals surface area contributed by atoms with Gasteiger partial charge < -0.3 is 15.1 Å². The van der Waals surface area contributed by atoms with Gasteiger partial charge in [-0.1, -0.05) is 13.3 Å². The Hall–Kier alpha value is -1.10. The Kier molecular flexibility index (Phi) is 5.97. The molecule has 17 heavy (non-hydrogen) atoms. The topological polar surface area (TPSA) is 52.7 Å². The molecule has 1 fully saturated rings. The highest BCUT2D eigenvalue weighted by Crippen LogP contribution is 2.01. The van der Waals surface area contributed by atoms with Crippen molar-refractivity contribution in [3.8, 4) is 0 Å². The third kappa shape index (κ3) is 4.73. The minimum Gasteiger partial charge on any atom is -0.339 e. The highest BCUT2D eigenvalue weighted by Gasteiger charge is 2.21. The fourth-order valence-electron chi connectivity index (χ4n) is 1.88. The van der Waals surface area contributed by atoms with Gasteiger partial charge >= 0.3 is 0 Å². The number of hydrogen-bond acceptors (Lipinski definition) is 3. The third-order valence-electron chi connectivity index (χ3n) is 3.06. The predicted molar refractivity (Wildman–Crippen MR) is 66.6 cm³/mol. The summed E-state index contributed by atoms with van der Waals surface area (Å²) in [5.41, 5.74) is 0. The number of unbranched alkanes of at least 4 members (excludes halogenated alkanes) is 1. The van der Waals surface area contributed by atoms with Crippen molar-refractivity contribution in [3.05, 3.63) is 0 Å². The molecule has 1 N–H and O–H groups in total. The number of piperazine rings is 1. The molecule has 98 valence electrons. The Labute approximate surface area is 103 Å². The Balaban J connectivity index is 2.19. The van der Waals surface area contributed by atoms with E-state index >= 15 is 0 Å². The van der Waals surface area contributed by atoms with Gasteiger partial charge in [-0.25, -0.2) is 0 Å². The molecule has 5 nitrogen and oxygen atoms in total. The van der Waals surface area contributed by atoms with Crippen molar-refractivity contribution >= 4 is 11.8 Å². The first-order valence-corrected chi connectivity index (χ1v) is 6.39. The molecule has 2 amide bonds. The van der Waals surface area contributed by atoms with Gasteiger partial charge in [-0.2, -0.15) is 0 Å². The standard InChI is InChI=1S/C12H23N3O2/c1-3-4-5-13-10-12(17)15-8-6-14(7-9-15)11(2)16/h13H,3-10H2,1-2H3. The molecular formula is C12H23N3O2. The van der Waals surface area contributed by atoms with Crippen LogP contribution in [0.5, 0.6) is 0 Å². The zero-order valence-electron chi connectivity index (χ0n) is 10.9. The van der Waals surface area contributed by atoms with Crippen LogP contribution < -0.4 is 5.32 Å². The fraction of sp³-hybridized carbons (Fsp3) is 0.833. The van der Waals surface area contributed by atoms with E-state index in [1.165, 1.54) is 0 Å². The zero-order chi connectivity index (χ0) is 12.7. The van der Waals surface area contributed by atoms with E-state index in [1.807, 2.05) is 4.90 Å². The number of nitrogens with one attached hydrogen (secondary N) is 1. The molecule has 0 aromatic rings. The van der Waals surface area contributed by atoms with Gasteiger partial charge in [0.1, 0.15) is 0 Å². The highest BCUT2D eigenvalue weighted by atomic mass is 16.2. The Bertz CT molecular complexity index is 260. The molecule has 0 atom stereocenters. The smallest absolute Gasteiger partial charge is 0.236 e. The molecule has 0 unspecified atom stereocenters. The first kappa shape index (κ1) is 14.0. The summed E-state index contributed by atoms with van der Waals surface area (Å²) in [5, 5.41) is 3.15. The Morgan fingerprint density at radius 2 is 1.71 bits per heavy atom. The molecule has 0 saturated carbocycles. The zero-order valence-corrected chi connectivity index (χ0v) is 10.9. The summed E-state index contributed by atoms with van der Waals surface area (Å²) < 4.78 is 0. The largest absolute Gasteiger partial charge is 0.339 e. The van der Waals surface area contributed by atoms with Crippen molar-refractivity contribution in [1.82, 2.24) is 15.1 Å². The average Bonchev–Trinajstić information content (AvgIpc) is 2.34. The molecule has 0 bridgehead atoms. The molecule has 1 aliphatic rings. The number of carbonyl (C=O) groups excluding carboxylic acids is 2. The lowest BCUT2D eigenvalue weighted by Crippen LogP contribution is -2.51. The van der Waals surface area contributed by atoms with Crippen molar-refractivity contribution in [2.45, 2.75) is 26.7 Å². The van der Waals surface area contributed by atoms with E-state index in [9.17, 15) is 9.59 Å². The lowest BCUT2D eigenvalue weighted by Gasteiger charge is -2.34.